The Morgan fingerprint density at radius 1 is 0.857 bits per heavy atom. The maximum absolute atomic E-state index is 12.8. The highest BCUT2D eigenvalue weighted by atomic mass is 32.2. The number of sulfonamides is 1. The third-order valence-electron chi connectivity index (χ3n) is 3.66. The lowest BCUT2D eigenvalue weighted by molar-refractivity contribution is -0.118. The molecule has 3 rings (SSSR count). The summed E-state index contributed by atoms with van der Waals surface area (Å²) in [5, 5.41) is 2.60. The van der Waals surface area contributed by atoms with E-state index >= 15 is 0 Å². The van der Waals surface area contributed by atoms with Crippen LogP contribution in [0, 0.1) is 5.82 Å². The van der Waals surface area contributed by atoms with Crippen molar-refractivity contribution >= 4 is 27.3 Å². The molecule has 1 amide bonds. The molecular formula is C20H17FN2O4S. The van der Waals surface area contributed by atoms with Gasteiger partial charge in [0.15, 0.2) is 6.61 Å². The van der Waals surface area contributed by atoms with Crippen LogP contribution in [-0.4, -0.2) is 20.9 Å². The van der Waals surface area contributed by atoms with Gasteiger partial charge < -0.3 is 10.1 Å². The minimum Gasteiger partial charge on any atom is -0.484 e. The third-order valence-corrected chi connectivity index (χ3v) is 5.06. The summed E-state index contributed by atoms with van der Waals surface area (Å²) in [6.45, 7) is -0.263. The molecule has 3 aromatic carbocycles. The van der Waals surface area contributed by atoms with Gasteiger partial charge in [0.2, 0.25) is 0 Å². The number of carbonyl (C=O) groups is 1. The van der Waals surface area contributed by atoms with Gasteiger partial charge >= 0.3 is 0 Å². The second-order valence-electron chi connectivity index (χ2n) is 5.79. The van der Waals surface area contributed by atoms with Crippen LogP contribution in [0.15, 0.2) is 83.8 Å². The smallest absolute Gasteiger partial charge is 0.262 e. The molecule has 8 heteroatoms. The fourth-order valence-corrected chi connectivity index (χ4v) is 3.37. The summed E-state index contributed by atoms with van der Waals surface area (Å²) >= 11 is 0. The van der Waals surface area contributed by atoms with Gasteiger partial charge in [-0.2, -0.15) is 0 Å². The lowest BCUT2D eigenvalue weighted by Gasteiger charge is -2.10. The van der Waals surface area contributed by atoms with Gasteiger partial charge in [-0.1, -0.05) is 18.2 Å². The van der Waals surface area contributed by atoms with Gasteiger partial charge in [0.05, 0.1) is 4.90 Å². The van der Waals surface area contributed by atoms with Crippen LogP contribution in [0.3, 0.4) is 0 Å². The van der Waals surface area contributed by atoms with Crippen LogP contribution >= 0.6 is 0 Å². The van der Waals surface area contributed by atoms with Crippen molar-refractivity contribution in [3.8, 4) is 5.75 Å². The molecule has 0 bridgehead atoms. The fourth-order valence-electron chi connectivity index (χ4n) is 2.31. The van der Waals surface area contributed by atoms with E-state index < -0.39 is 21.7 Å². The summed E-state index contributed by atoms with van der Waals surface area (Å²) in [5.41, 5.74) is 0.879. The van der Waals surface area contributed by atoms with Crippen molar-refractivity contribution in [3.63, 3.8) is 0 Å². The molecule has 0 atom stereocenters. The standard InChI is InChI=1S/C20H17FN2O4S/c21-15-6-10-18(11-7-15)27-14-20(24)22-16-8-12-19(13-9-16)28(25,26)23-17-4-2-1-3-5-17/h1-13,23H,14H2,(H,22,24). The second kappa shape index (κ2) is 8.53. The average molecular weight is 400 g/mol. The predicted molar refractivity (Wildman–Crippen MR) is 104 cm³/mol. The normalized spacial score (nSPS) is 10.9. The first-order chi connectivity index (χ1) is 13.4. The number of hydrogen-bond acceptors (Lipinski definition) is 4. The quantitative estimate of drug-likeness (QED) is 0.634. The minimum atomic E-state index is -3.73. The van der Waals surface area contributed by atoms with E-state index in [1.807, 2.05) is 0 Å². The maximum atomic E-state index is 12.8. The zero-order valence-electron chi connectivity index (χ0n) is 14.6. The number of carbonyl (C=O) groups excluding carboxylic acids is 1. The highest BCUT2D eigenvalue weighted by molar-refractivity contribution is 7.92. The molecule has 0 aliphatic heterocycles. The van der Waals surface area contributed by atoms with E-state index in [4.69, 9.17) is 4.74 Å². The van der Waals surface area contributed by atoms with Crippen molar-refractivity contribution in [2.45, 2.75) is 4.90 Å². The largest absolute Gasteiger partial charge is 0.484 e. The Bertz CT molecular complexity index is 1040. The van der Waals surface area contributed by atoms with E-state index in [0.29, 0.717) is 17.1 Å². The number of nitrogens with one attached hydrogen (secondary N) is 2. The van der Waals surface area contributed by atoms with Crippen LogP contribution < -0.4 is 14.8 Å². The first-order valence-corrected chi connectivity index (χ1v) is 9.77. The number of rotatable bonds is 7. The molecule has 0 aliphatic rings. The predicted octanol–water partition coefficient (Wildman–Crippen LogP) is 3.64. The topological polar surface area (TPSA) is 84.5 Å². The Morgan fingerprint density at radius 3 is 2.14 bits per heavy atom. The molecule has 0 heterocycles. The first-order valence-electron chi connectivity index (χ1n) is 8.28. The van der Waals surface area contributed by atoms with Crippen molar-refractivity contribution in [3.05, 3.63) is 84.7 Å². The summed E-state index contributed by atoms with van der Waals surface area (Å²) in [6.07, 6.45) is 0. The van der Waals surface area contributed by atoms with Crippen molar-refractivity contribution in [1.82, 2.24) is 0 Å². The Labute approximate surface area is 162 Å². The van der Waals surface area contributed by atoms with E-state index in [1.54, 1.807) is 30.3 Å². The molecule has 6 nitrogen and oxygen atoms in total. The number of para-hydroxylation sites is 1. The maximum Gasteiger partial charge on any atom is 0.262 e. The van der Waals surface area contributed by atoms with Crippen molar-refractivity contribution < 1.29 is 22.3 Å². The molecule has 2 N–H and O–H groups in total. The van der Waals surface area contributed by atoms with Gasteiger partial charge in [-0.15, -0.1) is 0 Å². The number of ether oxygens (including phenoxy) is 1. The van der Waals surface area contributed by atoms with Crippen LogP contribution in [0.1, 0.15) is 0 Å². The van der Waals surface area contributed by atoms with E-state index in [2.05, 4.69) is 10.0 Å². The van der Waals surface area contributed by atoms with Gasteiger partial charge in [-0.3, -0.25) is 9.52 Å². The molecule has 0 saturated carbocycles. The van der Waals surface area contributed by atoms with E-state index in [9.17, 15) is 17.6 Å². The third kappa shape index (κ3) is 5.31. The van der Waals surface area contributed by atoms with Crippen LogP contribution in [0.25, 0.3) is 0 Å². The molecule has 0 aromatic heterocycles. The van der Waals surface area contributed by atoms with E-state index in [-0.39, 0.29) is 11.5 Å². The molecule has 0 radical (unpaired) electrons. The monoisotopic (exact) mass is 400 g/mol. The number of benzene rings is 3. The van der Waals surface area contributed by atoms with Gasteiger partial charge in [-0.05, 0) is 60.7 Å². The number of amides is 1. The number of halogens is 1. The van der Waals surface area contributed by atoms with Gasteiger partial charge in [0.1, 0.15) is 11.6 Å². The van der Waals surface area contributed by atoms with Gasteiger partial charge in [0, 0.05) is 11.4 Å². The molecule has 0 fully saturated rings. The summed E-state index contributed by atoms with van der Waals surface area (Å²) in [5.74, 6) is -0.457. The summed E-state index contributed by atoms with van der Waals surface area (Å²) < 4.78 is 45.3. The Morgan fingerprint density at radius 2 is 1.50 bits per heavy atom. The Hall–Kier alpha value is -3.39. The molecule has 0 saturated heterocycles. The van der Waals surface area contributed by atoms with Crippen LogP contribution in [0.2, 0.25) is 0 Å². The van der Waals surface area contributed by atoms with E-state index in [0.717, 1.165) is 0 Å². The van der Waals surface area contributed by atoms with E-state index in [1.165, 1.54) is 48.5 Å². The first kappa shape index (κ1) is 19.4. The van der Waals surface area contributed by atoms with Gasteiger partial charge in [-0.25, -0.2) is 12.8 Å². The number of hydrogen-bond donors (Lipinski definition) is 2. The summed E-state index contributed by atoms with van der Waals surface area (Å²) in [6, 6.07) is 19.6. The zero-order valence-corrected chi connectivity index (χ0v) is 15.4. The molecule has 0 spiro atoms. The van der Waals surface area contributed by atoms with Crippen LogP contribution in [0.4, 0.5) is 15.8 Å². The Kier molecular flexibility index (Phi) is 5.90. The molecule has 28 heavy (non-hydrogen) atoms. The highest BCUT2D eigenvalue weighted by Crippen LogP contribution is 2.18. The van der Waals surface area contributed by atoms with Crippen molar-refractivity contribution in [2.75, 3.05) is 16.6 Å². The fraction of sp³-hybridized carbons (Fsp3) is 0.0500. The van der Waals surface area contributed by atoms with Crippen molar-refractivity contribution in [2.24, 2.45) is 0 Å². The van der Waals surface area contributed by atoms with Crippen LogP contribution in [-0.2, 0) is 14.8 Å². The lowest BCUT2D eigenvalue weighted by Crippen LogP contribution is -2.20. The molecule has 144 valence electrons. The number of anilines is 2. The summed E-state index contributed by atoms with van der Waals surface area (Å²) in [4.78, 5) is 12.0. The lowest BCUT2D eigenvalue weighted by atomic mass is 10.3. The Balaban J connectivity index is 1.57. The molecule has 0 unspecified atom stereocenters. The van der Waals surface area contributed by atoms with Crippen molar-refractivity contribution in [1.29, 1.82) is 0 Å². The molecule has 3 aromatic rings. The molecular weight excluding hydrogens is 383 g/mol. The molecule has 0 aliphatic carbocycles. The minimum absolute atomic E-state index is 0.0666. The van der Waals surface area contributed by atoms with Crippen LogP contribution in [0.5, 0.6) is 5.75 Å². The SMILES string of the molecule is O=C(COc1ccc(F)cc1)Nc1ccc(S(=O)(=O)Nc2ccccc2)cc1. The average Bonchev–Trinajstić information content (AvgIpc) is 2.68. The highest BCUT2D eigenvalue weighted by Gasteiger charge is 2.14. The summed E-state index contributed by atoms with van der Waals surface area (Å²) in [7, 11) is -3.73. The van der Waals surface area contributed by atoms with Gasteiger partial charge in [0.25, 0.3) is 15.9 Å². The second-order valence-corrected chi connectivity index (χ2v) is 7.47. The zero-order chi connectivity index (χ0) is 20.0.